The van der Waals surface area contributed by atoms with Gasteiger partial charge in [-0.3, -0.25) is 4.79 Å². The fourth-order valence-corrected chi connectivity index (χ4v) is 2.30. The number of methoxy groups -OCH3 is 2. The fourth-order valence-electron chi connectivity index (χ4n) is 1.63. The summed E-state index contributed by atoms with van der Waals surface area (Å²) in [6.45, 7) is 3.54. The molecule has 0 saturated carbocycles. The number of benzene rings is 1. The highest BCUT2D eigenvalue weighted by molar-refractivity contribution is 9.10. The van der Waals surface area contributed by atoms with Crippen molar-refractivity contribution >= 4 is 21.7 Å². The molecule has 0 spiro atoms. The van der Waals surface area contributed by atoms with Gasteiger partial charge in [0.25, 0.3) is 0 Å². The number of hydrogen-bond donors (Lipinski definition) is 1. The molecule has 4 nitrogen and oxygen atoms in total. The van der Waals surface area contributed by atoms with Crippen LogP contribution in [0.2, 0.25) is 0 Å². The van der Waals surface area contributed by atoms with Crippen molar-refractivity contribution in [1.29, 1.82) is 0 Å². The molecule has 0 fully saturated rings. The number of carbonyl (C=O) groups excluding carboxylic acids is 1. The molecule has 1 rings (SSSR count). The van der Waals surface area contributed by atoms with Crippen LogP contribution in [-0.4, -0.2) is 33.1 Å². The summed E-state index contributed by atoms with van der Waals surface area (Å²) in [6, 6.07) is 3.49. The molecular weight excluding hydrogens is 298 g/mol. The van der Waals surface area contributed by atoms with Gasteiger partial charge in [0.2, 0.25) is 0 Å². The van der Waals surface area contributed by atoms with Crippen LogP contribution in [0.3, 0.4) is 0 Å². The molecule has 1 N–H and O–H groups in total. The number of nitrogens with one attached hydrogen (secondary N) is 1. The molecule has 100 valence electrons. The van der Waals surface area contributed by atoms with Crippen molar-refractivity contribution in [1.82, 2.24) is 5.32 Å². The topological polar surface area (TPSA) is 47.6 Å². The third-order valence-electron chi connectivity index (χ3n) is 2.56. The van der Waals surface area contributed by atoms with Gasteiger partial charge in [0.1, 0.15) is 16.0 Å². The fraction of sp³-hybridized carbons (Fsp3) is 0.462. The zero-order valence-electron chi connectivity index (χ0n) is 10.9. The molecule has 0 atom stereocenters. The predicted octanol–water partition coefficient (Wildman–Crippen LogP) is 2.65. The molecule has 1 aromatic rings. The summed E-state index contributed by atoms with van der Waals surface area (Å²) < 4.78 is 11.1. The number of ether oxygens (including phenoxy) is 2. The quantitative estimate of drug-likeness (QED) is 0.620. The lowest BCUT2D eigenvalue weighted by Crippen LogP contribution is -2.18. The van der Waals surface area contributed by atoms with Crippen molar-refractivity contribution in [3.63, 3.8) is 0 Å². The average molecular weight is 316 g/mol. The SMILES string of the molecule is CCNCCC(=O)c1ccc(OC)c(Br)c1OC. The van der Waals surface area contributed by atoms with Crippen LogP contribution in [0.1, 0.15) is 23.7 Å². The molecule has 0 aliphatic carbocycles. The first-order chi connectivity index (χ1) is 8.65. The number of carbonyl (C=O) groups is 1. The highest BCUT2D eigenvalue weighted by atomic mass is 79.9. The average Bonchev–Trinajstić information content (AvgIpc) is 2.38. The van der Waals surface area contributed by atoms with Crippen molar-refractivity contribution in [3.8, 4) is 11.5 Å². The first-order valence-electron chi connectivity index (χ1n) is 5.80. The van der Waals surface area contributed by atoms with E-state index < -0.39 is 0 Å². The molecule has 0 unspecified atom stereocenters. The second-order valence-corrected chi connectivity index (χ2v) is 4.48. The van der Waals surface area contributed by atoms with Crippen molar-refractivity contribution in [3.05, 3.63) is 22.2 Å². The van der Waals surface area contributed by atoms with E-state index in [1.54, 1.807) is 26.4 Å². The molecule has 5 heteroatoms. The Morgan fingerprint density at radius 1 is 1.33 bits per heavy atom. The van der Waals surface area contributed by atoms with E-state index in [2.05, 4.69) is 21.2 Å². The van der Waals surface area contributed by atoms with Crippen LogP contribution in [0.25, 0.3) is 0 Å². The standard InChI is InChI=1S/C13H18BrNO3/c1-4-15-8-7-10(16)9-5-6-11(17-2)12(14)13(9)18-3/h5-6,15H,4,7-8H2,1-3H3. The number of halogens is 1. The lowest BCUT2D eigenvalue weighted by molar-refractivity contribution is 0.0979. The van der Waals surface area contributed by atoms with Crippen LogP contribution in [0, 0.1) is 0 Å². The molecular formula is C13H18BrNO3. The van der Waals surface area contributed by atoms with Crippen molar-refractivity contribution in [2.45, 2.75) is 13.3 Å². The summed E-state index contributed by atoms with van der Waals surface area (Å²) in [7, 11) is 3.12. The zero-order valence-corrected chi connectivity index (χ0v) is 12.5. The van der Waals surface area contributed by atoms with E-state index in [0.717, 1.165) is 6.54 Å². The Morgan fingerprint density at radius 3 is 2.61 bits per heavy atom. The number of Topliss-reactive ketones (excluding diaryl/α,β-unsaturated/α-hetero) is 1. The lowest BCUT2D eigenvalue weighted by atomic mass is 10.1. The van der Waals surface area contributed by atoms with Crippen molar-refractivity contribution in [2.24, 2.45) is 0 Å². The maximum absolute atomic E-state index is 12.1. The summed E-state index contributed by atoms with van der Waals surface area (Å²) in [5.74, 6) is 1.22. The first-order valence-corrected chi connectivity index (χ1v) is 6.59. The van der Waals surface area contributed by atoms with Crippen molar-refractivity contribution in [2.75, 3.05) is 27.3 Å². The summed E-state index contributed by atoms with van der Waals surface area (Å²) in [5.41, 5.74) is 0.572. The van der Waals surface area contributed by atoms with Crippen LogP contribution in [-0.2, 0) is 0 Å². The van der Waals surface area contributed by atoms with Gasteiger partial charge in [-0.25, -0.2) is 0 Å². The van der Waals surface area contributed by atoms with Crippen LogP contribution in [0.4, 0.5) is 0 Å². The Kier molecular flexibility index (Phi) is 6.15. The number of rotatable bonds is 7. The molecule has 1 aromatic carbocycles. The van der Waals surface area contributed by atoms with Crippen LogP contribution in [0.15, 0.2) is 16.6 Å². The van der Waals surface area contributed by atoms with Crippen LogP contribution < -0.4 is 14.8 Å². The molecule has 0 aliphatic heterocycles. The Labute approximate surface area is 116 Å². The maximum Gasteiger partial charge on any atom is 0.167 e. The molecule has 0 heterocycles. The van der Waals surface area contributed by atoms with E-state index in [4.69, 9.17) is 9.47 Å². The summed E-state index contributed by atoms with van der Waals surface area (Å²) >= 11 is 3.38. The summed E-state index contributed by atoms with van der Waals surface area (Å²) in [5, 5.41) is 3.13. The highest BCUT2D eigenvalue weighted by Gasteiger charge is 2.17. The van der Waals surface area contributed by atoms with E-state index in [9.17, 15) is 4.79 Å². The molecule has 0 aromatic heterocycles. The van der Waals surface area contributed by atoms with Crippen LogP contribution in [0.5, 0.6) is 11.5 Å². The monoisotopic (exact) mass is 315 g/mol. The molecule has 0 radical (unpaired) electrons. The smallest absolute Gasteiger partial charge is 0.167 e. The number of hydrogen-bond acceptors (Lipinski definition) is 4. The van der Waals surface area contributed by atoms with E-state index in [1.165, 1.54) is 0 Å². The predicted molar refractivity (Wildman–Crippen MR) is 74.7 cm³/mol. The molecule has 18 heavy (non-hydrogen) atoms. The zero-order chi connectivity index (χ0) is 13.5. The largest absolute Gasteiger partial charge is 0.495 e. The number of ketones is 1. The van der Waals surface area contributed by atoms with Gasteiger partial charge in [0.05, 0.1) is 19.8 Å². The van der Waals surface area contributed by atoms with Gasteiger partial charge in [-0.05, 0) is 34.6 Å². The summed E-state index contributed by atoms with van der Waals surface area (Å²) in [6.07, 6.45) is 0.447. The van der Waals surface area contributed by atoms with Gasteiger partial charge >= 0.3 is 0 Å². The Balaban J connectivity index is 2.94. The van der Waals surface area contributed by atoms with E-state index >= 15 is 0 Å². The normalized spacial score (nSPS) is 10.2. The third kappa shape index (κ3) is 3.46. The van der Waals surface area contributed by atoms with E-state index in [0.29, 0.717) is 34.5 Å². The molecule has 0 amide bonds. The Morgan fingerprint density at radius 2 is 2.06 bits per heavy atom. The Bertz CT molecular complexity index is 421. The minimum Gasteiger partial charge on any atom is -0.495 e. The maximum atomic E-state index is 12.1. The summed E-state index contributed by atoms with van der Waals surface area (Å²) in [4.78, 5) is 12.1. The molecule has 0 bridgehead atoms. The van der Waals surface area contributed by atoms with Gasteiger partial charge < -0.3 is 14.8 Å². The van der Waals surface area contributed by atoms with Gasteiger partial charge in [-0.15, -0.1) is 0 Å². The Hall–Kier alpha value is -1.07. The van der Waals surface area contributed by atoms with Gasteiger partial charge in [-0.1, -0.05) is 6.92 Å². The third-order valence-corrected chi connectivity index (χ3v) is 3.32. The van der Waals surface area contributed by atoms with Gasteiger partial charge in [0.15, 0.2) is 5.78 Å². The molecule has 0 saturated heterocycles. The van der Waals surface area contributed by atoms with Crippen molar-refractivity contribution < 1.29 is 14.3 Å². The second-order valence-electron chi connectivity index (χ2n) is 3.69. The lowest BCUT2D eigenvalue weighted by Gasteiger charge is -2.12. The van der Waals surface area contributed by atoms with Gasteiger partial charge in [0, 0.05) is 13.0 Å². The van der Waals surface area contributed by atoms with Crippen LogP contribution >= 0.6 is 15.9 Å². The second kappa shape index (κ2) is 7.38. The minimum atomic E-state index is 0.0520. The highest BCUT2D eigenvalue weighted by Crippen LogP contribution is 2.37. The van der Waals surface area contributed by atoms with Gasteiger partial charge in [-0.2, -0.15) is 0 Å². The minimum absolute atomic E-state index is 0.0520. The van der Waals surface area contributed by atoms with E-state index in [-0.39, 0.29) is 5.78 Å². The van der Waals surface area contributed by atoms with E-state index in [1.807, 2.05) is 6.92 Å². The molecule has 0 aliphatic rings. The first kappa shape index (κ1) is 15.0.